The van der Waals surface area contributed by atoms with Crippen LogP contribution in [0.3, 0.4) is 0 Å². The molecule has 1 fully saturated rings. The molecule has 0 saturated heterocycles. The average Bonchev–Trinajstić information content (AvgIpc) is 2.49. The van der Waals surface area contributed by atoms with Gasteiger partial charge in [0, 0.05) is 6.04 Å². The summed E-state index contributed by atoms with van der Waals surface area (Å²) in [6.45, 7) is 6.68. The summed E-state index contributed by atoms with van der Waals surface area (Å²) in [6, 6.07) is 5.03. The Morgan fingerprint density at radius 1 is 1.00 bits per heavy atom. The Bertz CT molecular complexity index is 385. The second-order valence-electron chi connectivity index (χ2n) is 6.14. The minimum atomic E-state index is 0.410. The molecule has 2 atom stereocenters. The Balaban J connectivity index is 2.17. The van der Waals surface area contributed by atoms with Crippen molar-refractivity contribution in [2.24, 2.45) is 11.7 Å². The lowest BCUT2D eigenvalue weighted by molar-refractivity contribution is 0.394. The highest BCUT2D eigenvalue weighted by Crippen LogP contribution is 2.28. The summed E-state index contributed by atoms with van der Waals surface area (Å²) in [5.41, 5.74) is 12.2. The molecule has 1 aromatic rings. The largest absolute Gasteiger partial charge is 0.327 e. The molecule has 0 aliphatic heterocycles. The van der Waals surface area contributed by atoms with Gasteiger partial charge in [-0.15, -0.1) is 0 Å². The van der Waals surface area contributed by atoms with Crippen molar-refractivity contribution in [3.05, 3.63) is 34.4 Å². The molecule has 2 unspecified atom stereocenters. The zero-order valence-electron chi connectivity index (χ0n) is 12.1. The molecule has 1 saturated carbocycles. The highest BCUT2D eigenvalue weighted by atomic mass is 14.6. The highest BCUT2D eigenvalue weighted by Gasteiger charge is 2.21. The van der Waals surface area contributed by atoms with Gasteiger partial charge in [-0.1, -0.05) is 37.0 Å². The van der Waals surface area contributed by atoms with Gasteiger partial charge in [0.1, 0.15) is 0 Å². The maximum atomic E-state index is 6.36. The second-order valence-corrected chi connectivity index (χ2v) is 6.14. The van der Waals surface area contributed by atoms with Gasteiger partial charge >= 0.3 is 0 Å². The Morgan fingerprint density at radius 3 is 2.28 bits per heavy atom. The minimum Gasteiger partial charge on any atom is -0.327 e. The van der Waals surface area contributed by atoms with E-state index in [2.05, 4.69) is 32.9 Å². The van der Waals surface area contributed by atoms with Crippen LogP contribution in [0.2, 0.25) is 0 Å². The Kier molecular flexibility index (Phi) is 4.45. The molecule has 0 heterocycles. The standard InChI is InChI=1S/C17H27N/c1-12-9-13(2)16(14(3)10-12)11-15-7-5-4-6-8-17(15)18/h9-10,15,17H,4-8,11,18H2,1-3H3. The van der Waals surface area contributed by atoms with Crippen LogP contribution in [0.5, 0.6) is 0 Å². The van der Waals surface area contributed by atoms with Crippen molar-refractivity contribution in [1.82, 2.24) is 0 Å². The van der Waals surface area contributed by atoms with Crippen LogP contribution in [0.25, 0.3) is 0 Å². The van der Waals surface area contributed by atoms with Gasteiger partial charge in [0.05, 0.1) is 0 Å². The minimum absolute atomic E-state index is 0.410. The van der Waals surface area contributed by atoms with Crippen molar-refractivity contribution >= 4 is 0 Å². The molecule has 0 aromatic heterocycles. The van der Waals surface area contributed by atoms with Gasteiger partial charge in [-0.2, -0.15) is 0 Å². The second kappa shape index (κ2) is 5.88. The summed E-state index contributed by atoms with van der Waals surface area (Å²) in [5, 5.41) is 0. The zero-order chi connectivity index (χ0) is 13.1. The van der Waals surface area contributed by atoms with E-state index >= 15 is 0 Å². The fourth-order valence-corrected chi connectivity index (χ4v) is 3.46. The van der Waals surface area contributed by atoms with E-state index in [1.54, 1.807) is 5.56 Å². The highest BCUT2D eigenvalue weighted by molar-refractivity contribution is 5.37. The smallest absolute Gasteiger partial charge is 0.00703 e. The summed E-state index contributed by atoms with van der Waals surface area (Å²) in [5.74, 6) is 0.688. The first-order valence-electron chi connectivity index (χ1n) is 7.40. The Hall–Kier alpha value is -0.820. The summed E-state index contributed by atoms with van der Waals surface area (Å²) >= 11 is 0. The van der Waals surface area contributed by atoms with Crippen LogP contribution in [0, 0.1) is 26.7 Å². The van der Waals surface area contributed by atoms with E-state index in [0.29, 0.717) is 12.0 Å². The number of aryl methyl sites for hydroxylation is 3. The molecule has 0 spiro atoms. The normalized spacial score (nSPS) is 24.9. The van der Waals surface area contributed by atoms with Crippen molar-refractivity contribution < 1.29 is 0 Å². The molecule has 2 rings (SSSR count). The van der Waals surface area contributed by atoms with Gasteiger partial charge < -0.3 is 5.73 Å². The predicted molar refractivity (Wildman–Crippen MR) is 78.9 cm³/mol. The van der Waals surface area contributed by atoms with E-state index in [1.165, 1.54) is 55.2 Å². The number of rotatable bonds is 2. The SMILES string of the molecule is Cc1cc(C)c(CC2CCCCCC2N)c(C)c1. The summed E-state index contributed by atoms with van der Waals surface area (Å²) < 4.78 is 0. The molecule has 1 heteroatoms. The van der Waals surface area contributed by atoms with Crippen LogP contribution < -0.4 is 5.73 Å². The van der Waals surface area contributed by atoms with Gasteiger partial charge in [0.25, 0.3) is 0 Å². The number of nitrogens with two attached hydrogens (primary N) is 1. The molecular weight excluding hydrogens is 218 g/mol. The van der Waals surface area contributed by atoms with Gasteiger partial charge in [-0.25, -0.2) is 0 Å². The third-order valence-electron chi connectivity index (χ3n) is 4.52. The van der Waals surface area contributed by atoms with E-state index in [-0.39, 0.29) is 0 Å². The van der Waals surface area contributed by atoms with Crippen LogP contribution in [-0.4, -0.2) is 6.04 Å². The van der Waals surface area contributed by atoms with Crippen molar-refractivity contribution in [3.63, 3.8) is 0 Å². The first-order chi connectivity index (χ1) is 8.58. The summed E-state index contributed by atoms with van der Waals surface area (Å²) in [6.07, 6.45) is 7.77. The van der Waals surface area contributed by atoms with E-state index in [0.717, 1.165) is 0 Å². The van der Waals surface area contributed by atoms with E-state index in [9.17, 15) is 0 Å². The molecule has 18 heavy (non-hydrogen) atoms. The van der Waals surface area contributed by atoms with Crippen LogP contribution in [0.1, 0.15) is 54.4 Å². The van der Waals surface area contributed by atoms with Gasteiger partial charge in [0.15, 0.2) is 0 Å². The maximum absolute atomic E-state index is 6.36. The summed E-state index contributed by atoms with van der Waals surface area (Å²) in [4.78, 5) is 0. The molecule has 0 bridgehead atoms. The molecule has 1 aliphatic rings. The predicted octanol–water partition coefficient (Wildman–Crippen LogP) is 4.06. The third kappa shape index (κ3) is 3.14. The molecule has 1 aromatic carbocycles. The molecule has 1 aliphatic carbocycles. The van der Waals surface area contributed by atoms with Gasteiger partial charge in [-0.3, -0.25) is 0 Å². The quantitative estimate of drug-likeness (QED) is 0.781. The zero-order valence-corrected chi connectivity index (χ0v) is 12.1. The van der Waals surface area contributed by atoms with Crippen molar-refractivity contribution in [3.8, 4) is 0 Å². The Labute approximate surface area is 112 Å². The first-order valence-corrected chi connectivity index (χ1v) is 7.40. The monoisotopic (exact) mass is 245 g/mol. The first kappa shape index (κ1) is 13.6. The number of benzene rings is 1. The topological polar surface area (TPSA) is 26.0 Å². The molecule has 0 radical (unpaired) electrons. The molecule has 2 N–H and O–H groups in total. The fraction of sp³-hybridized carbons (Fsp3) is 0.647. The summed E-state index contributed by atoms with van der Waals surface area (Å²) in [7, 11) is 0. The van der Waals surface area contributed by atoms with E-state index in [4.69, 9.17) is 5.73 Å². The van der Waals surface area contributed by atoms with Crippen LogP contribution in [-0.2, 0) is 6.42 Å². The van der Waals surface area contributed by atoms with E-state index in [1.807, 2.05) is 0 Å². The lowest BCUT2D eigenvalue weighted by atomic mass is 9.85. The third-order valence-corrected chi connectivity index (χ3v) is 4.52. The van der Waals surface area contributed by atoms with Gasteiger partial charge in [0.2, 0.25) is 0 Å². The molecule has 0 amide bonds. The number of hydrogen-bond acceptors (Lipinski definition) is 1. The lowest BCUT2D eigenvalue weighted by Crippen LogP contribution is -2.30. The van der Waals surface area contributed by atoms with Crippen molar-refractivity contribution in [1.29, 1.82) is 0 Å². The average molecular weight is 245 g/mol. The van der Waals surface area contributed by atoms with E-state index < -0.39 is 0 Å². The molecule has 1 nitrogen and oxygen atoms in total. The van der Waals surface area contributed by atoms with Crippen LogP contribution in [0.15, 0.2) is 12.1 Å². The van der Waals surface area contributed by atoms with Crippen molar-refractivity contribution in [2.75, 3.05) is 0 Å². The van der Waals surface area contributed by atoms with Crippen LogP contribution in [0.4, 0.5) is 0 Å². The molecular formula is C17H27N. The molecule has 100 valence electrons. The van der Waals surface area contributed by atoms with Crippen molar-refractivity contribution in [2.45, 2.75) is 65.3 Å². The fourth-order valence-electron chi connectivity index (χ4n) is 3.46. The van der Waals surface area contributed by atoms with Gasteiger partial charge in [-0.05, 0) is 62.6 Å². The van der Waals surface area contributed by atoms with Crippen LogP contribution >= 0.6 is 0 Å². The number of hydrogen-bond donors (Lipinski definition) is 1. The lowest BCUT2D eigenvalue weighted by Gasteiger charge is -2.23. The maximum Gasteiger partial charge on any atom is 0.00703 e. The Morgan fingerprint density at radius 2 is 1.61 bits per heavy atom.